The summed E-state index contributed by atoms with van der Waals surface area (Å²) in [5.41, 5.74) is 3.19. The monoisotopic (exact) mass is 417 g/mol. The lowest BCUT2D eigenvalue weighted by atomic mass is 10.1. The van der Waals surface area contributed by atoms with Gasteiger partial charge in [0.25, 0.3) is 0 Å². The van der Waals surface area contributed by atoms with Crippen LogP contribution in [0.25, 0.3) is 23.1 Å². The molecule has 0 radical (unpaired) electrons. The molecule has 150 valence electrons. The number of phenols is 1. The first-order valence-corrected chi connectivity index (χ1v) is 9.83. The molecule has 0 aliphatic carbocycles. The minimum atomic E-state index is 0.160. The van der Waals surface area contributed by atoms with E-state index in [1.807, 2.05) is 72.8 Å². The average molecular weight is 418 g/mol. The molecule has 5 heteroatoms. The summed E-state index contributed by atoms with van der Waals surface area (Å²) in [6, 6.07) is 22.7. The molecular formula is C25H20ClNO3. The molecule has 0 fully saturated rings. The Balaban J connectivity index is 1.57. The van der Waals surface area contributed by atoms with Crippen molar-refractivity contribution < 1.29 is 14.6 Å². The summed E-state index contributed by atoms with van der Waals surface area (Å²) in [7, 11) is 1.59. The van der Waals surface area contributed by atoms with Crippen LogP contribution < -0.4 is 9.47 Å². The molecule has 30 heavy (non-hydrogen) atoms. The van der Waals surface area contributed by atoms with E-state index in [9.17, 15) is 5.11 Å². The van der Waals surface area contributed by atoms with E-state index in [-0.39, 0.29) is 5.75 Å². The first kappa shape index (κ1) is 19.8. The van der Waals surface area contributed by atoms with E-state index in [0.717, 1.165) is 22.2 Å². The highest BCUT2D eigenvalue weighted by Gasteiger charge is 2.12. The topological polar surface area (TPSA) is 51.6 Å². The van der Waals surface area contributed by atoms with Crippen molar-refractivity contribution in [2.45, 2.75) is 6.61 Å². The zero-order valence-electron chi connectivity index (χ0n) is 16.4. The van der Waals surface area contributed by atoms with Crippen LogP contribution in [0.4, 0.5) is 0 Å². The van der Waals surface area contributed by atoms with Crippen molar-refractivity contribution in [1.82, 2.24) is 4.98 Å². The van der Waals surface area contributed by atoms with Crippen LogP contribution in [-0.4, -0.2) is 17.2 Å². The quantitative estimate of drug-likeness (QED) is 0.397. The molecule has 0 saturated carbocycles. The molecule has 1 aromatic heterocycles. The number of hydrogen-bond acceptors (Lipinski definition) is 4. The molecule has 4 aromatic rings. The maximum Gasteiger partial charge on any atom is 0.180 e. The Morgan fingerprint density at radius 1 is 0.967 bits per heavy atom. The lowest BCUT2D eigenvalue weighted by molar-refractivity contribution is 0.284. The third-order valence-electron chi connectivity index (χ3n) is 4.64. The number of phenolic OH excluding ortho intramolecular Hbond substituents is 1. The summed E-state index contributed by atoms with van der Waals surface area (Å²) >= 11 is 6.47. The highest BCUT2D eigenvalue weighted by Crippen LogP contribution is 2.37. The zero-order chi connectivity index (χ0) is 20.9. The smallest absolute Gasteiger partial charge is 0.180 e. The standard InChI is InChI=1S/C25H20ClNO3/c1-29-23-15-18(14-21(26)25(23)30-16-17-6-3-2-4-7-17)10-12-20-13-11-19-8-5-9-22(28)24(19)27-20/h2-15,28H,16H2,1H3. The van der Waals surface area contributed by atoms with E-state index in [2.05, 4.69) is 4.98 Å². The van der Waals surface area contributed by atoms with E-state index in [4.69, 9.17) is 21.1 Å². The Morgan fingerprint density at radius 3 is 2.60 bits per heavy atom. The van der Waals surface area contributed by atoms with Gasteiger partial charge in [-0.05, 0) is 41.5 Å². The normalized spacial score (nSPS) is 11.1. The van der Waals surface area contributed by atoms with Gasteiger partial charge in [0, 0.05) is 5.39 Å². The van der Waals surface area contributed by atoms with E-state index in [1.165, 1.54) is 0 Å². The van der Waals surface area contributed by atoms with E-state index in [1.54, 1.807) is 19.2 Å². The molecule has 0 atom stereocenters. The molecular weight excluding hydrogens is 398 g/mol. The van der Waals surface area contributed by atoms with Gasteiger partial charge in [-0.25, -0.2) is 4.98 Å². The molecule has 0 spiro atoms. The maximum absolute atomic E-state index is 10.0. The second kappa shape index (κ2) is 8.89. The van der Waals surface area contributed by atoms with Crippen LogP contribution in [0, 0.1) is 0 Å². The van der Waals surface area contributed by atoms with Crippen molar-refractivity contribution in [3.63, 3.8) is 0 Å². The Labute approximate surface area is 180 Å². The van der Waals surface area contributed by atoms with Gasteiger partial charge in [-0.2, -0.15) is 0 Å². The summed E-state index contributed by atoms with van der Waals surface area (Å²) in [4.78, 5) is 4.51. The van der Waals surface area contributed by atoms with Gasteiger partial charge >= 0.3 is 0 Å². The molecule has 4 nitrogen and oxygen atoms in total. The van der Waals surface area contributed by atoms with Crippen LogP contribution in [0.2, 0.25) is 5.02 Å². The first-order valence-electron chi connectivity index (χ1n) is 9.45. The summed E-state index contributed by atoms with van der Waals surface area (Å²) in [6.45, 7) is 0.399. The number of methoxy groups -OCH3 is 1. The van der Waals surface area contributed by atoms with Crippen molar-refractivity contribution in [3.8, 4) is 17.2 Å². The molecule has 4 rings (SSSR count). The van der Waals surface area contributed by atoms with Gasteiger partial charge in [0.2, 0.25) is 0 Å². The summed E-state index contributed by atoms with van der Waals surface area (Å²) in [5.74, 6) is 1.23. The van der Waals surface area contributed by atoms with Crippen molar-refractivity contribution in [1.29, 1.82) is 0 Å². The lowest BCUT2D eigenvalue weighted by Crippen LogP contribution is -1.98. The molecule has 0 saturated heterocycles. The minimum Gasteiger partial charge on any atom is -0.506 e. The average Bonchev–Trinajstić information content (AvgIpc) is 2.77. The molecule has 1 heterocycles. The molecule has 0 amide bonds. The fourth-order valence-corrected chi connectivity index (χ4v) is 3.40. The molecule has 3 aromatic carbocycles. The van der Waals surface area contributed by atoms with Crippen LogP contribution in [0.1, 0.15) is 16.8 Å². The number of benzene rings is 3. The van der Waals surface area contributed by atoms with E-state index < -0.39 is 0 Å². The summed E-state index contributed by atoms with van der Waals surface area (Å²) < 4.78 is 11.4. The van der Waals surface area contributed by atoms with Crippen LogP contribution in [0.3, 0.4) is 0 Å². The van der Waals surface area contributed by atoms with Gasteiger partial charge in [0.15, 0.2) is 11.5 Å². The molecule has 0 aliphatic rings. The Bertz CT molecular complexity index is 1210. The number of fused-ring (bicyclic) bond motifs is 1. The van der Waals surface area contributed by atoms with Crippen LogP contribution in [-0.2, 0) is 6.61 Å². The number of aromatic nitrogens is 1. The molecule has 0 bridgehead atoms. The van der Waals surface area contributed by atoms with Gasteiger partial charge in [-0.1, -0.05) is 66.2 Å². The van der Waals surface area contributed by atoms with Gasteiger partial charge in [-0.15, -0.1) is 0 Å². The van der Waals surface area contributed by atoms with Gasteiger partial charge in [-0.3, -0.25) is 0 Å². The number of pyridine rings is 1. The number of aromatic hydroxyl groups is 1. The second-order valence-corrected chi connectivity index (χ2v) is 7.13. The van der Waals surface area contributed by atoms with Crippen molar-refractivity contribution >= 4 is 34.7 Å². The summed E-state index contributed by atoms with van der Waals surface area (Å²) in [6.07, 6.45) is 3.75. The Hall–Kier alpha value is -3.50. The van der Waals surface area contributed by atoms with E-state index in [0.29, 0.717) is 28.6 Å². The van der Waals surface area contributed by atoms with Crippen LogP contribution in [0.5, 0.6) is 17.2 Å². The fraction of sp³-hybridized carbons (Fsp3) is 0.0800. The number of nitrogens with zero attached hydrogens (tertiary/aromatic N) is 1. The predicted octanol–water partition coefficient (Wildman–Crippen LogP) is 6.35. The van der Waals surface area contributed by atoms with Crippen molar-refractivity contribution in [2.24, 2.45) is 0 Å². The van der Waals surface area contributed by atoms with Crippen molar-refractivity contribution in [3.05, 3.63) is 94.6 Å². The van der Waals surface area contributed by atoms with Gasteiger partial charge in [0.05, 0.1) is 17.8 Å². The minimum absolute atomic E-state index is 0.160. The fourth-order valence-electron chi connectivity index (χ4n) is 3.13. The number of rotatable bonds is 6. The number of halogens is 1. The van der Waals surface area contributed by atoms with Crippen molar-refractivity contribution in [2.75, 3.05) is 7.11 Å². The number of hydrogen-bond donors (Lipinski definition) is 1. The third-order valence-corrected chi connectivity index (χ3v) is 4.93. The Morgan fingerprint density at radius 2 is 1.80 bits per heavy atom. The second-order valence-electron chi connectivity index (χ2n) is 6.73. The predicted molar refractivity (Wildman–Crippen MR) is 121 cm³/mol. The highest BCUT2D eigenvalue weighted by molar-refractivity contribution is 6.32. The SMILES string of the molecule is COc1cc(C=Cc2ccc3cccc(O)c3n2)cc(Cl)c1OCc1ccccc1. The molecule has 0 unspecified atom stereocenters. The largest absolute Gasteiger partial charge is 0.506 e. The van der Waals surface area contributed by atoms with Crippen LogP contribution in [0.15, 0.2) is 72.8 Å². The molecule has 1 N–H and O–H groups in total. The third kappa shape index (κ3) is 4.39. The number of ether oxygens (including phenoxy) is 2. The zero-order valence-corrected chi connectivity index (χ0v) is 17.1. The van der Waals surface area contributed by atoms with Gasteiger partial charge < -0.3 is 14.6 Å². The first-order chi connectivity index (χ1) is 14.6. The van der Waals surface area contributed by atoms with Gasteiger partial charge in [0.1, 0.15) is 17.9 Å². The maximum atomic E-state index is 10.0. The lowest BCUT2D eigenvalue weighted by Gasteiger charge is -2.13. The summed E-state index contributed by atoms with van der Waals surface area (Å²) in [5, 5.41) is 11.4. The highest BCUT2D eigenvalue weighted by atomic mass is 35.5. The Kier molecular flexibility index (Phi) is 5.87. The molecule has 0 aliphatic heterocycles. The van der Waals surface area contributed by atoms with E-state index >= 15 is 0 Å². The number of para-hydroxylation sites is 1. The van der Waals surface area contributed by atoms with Crippen LogP contribution >= 0.6 is 11.6 Å².